The van der Waals surface area contributed by atoms with E-state index in [1.807, 2.05) is 0 Å². The van der Waals surface area contributed by atoms with Gasteiger partial charge >= 0.3 is 17.9 Å². The summed E-state index contributed by atoms with van der Waals surface area (Å²) in [5.41, 5.74) is 1.28. The Morgan fingerprint density at radius 2 is 2.03 bits per heavy atom. The number of rotatable bonds is 5. The molecule has 0 aromatic rings. The fourth-order valence-electron chi connectivity index (χ4n) is 3.44. The molecule has 1 heterocycles. The molecule has 2 rings (SSSR count). The van der Waals surface area contributed by atoms with Gasteiger partial charge in [-0.2, -0.15) is 0 Å². The number of ether oxygens (including phenoxy) is 3. The summed E-state index contributed by atoms with van der Waals surface area (Å²) in [7, 11) is 0. The highest BCUT2D eigenvalue weighted by Crippen LogP contribution is 2.36. The van der Waals surface area contributed by atoms with Gasteiger partial charge in [-0.25, -0.2) is 9.59 Å². The molecule has 8 heteroatoms. The summed E-state index contributed by atoms with van der Waals surface area (Å²) in [6.45, 7) is 7.96. The first-order chi connectivity index (χ1) is 14.2. The SMILES string of the molecule is C=C1C(=O)O[C@@H]2C=C(C)[C@@H](OC(C)=O)C/C=C(/C=O)C[C@@H](OC(=O)/C(C)=C/CO)[C@@H]12. The zero-order chi connectivity index (χ0) is 22.4. The molecule has 0 spiro atoms. The van der Waals surface area contributed by atoms with Crippen LogP contribution in [0.25, 0.3) is 0 Å². The third-order valence-corrected chi connectivity index (χ3v) is 5.07. The lowest BCUT2D eigenvalue weighted by Gasteiger charge is -2.28. The summed E-state index contributed by atoms with van der Waals surface area (Å²) < 4.78 is 16.3. The van der Waals surface area contributed by atoms with Crippen LogP contribution in [0, 0.1) is 5.92 Å². The van der Waals surface area contributed by atoms with Crippen molar-refractivity contribution in [3.8, 4) is 0 Å². The molecule has 0 unspecified atom stereocenters. The third-order valence-electron chi connectivity index (χ3n) is 5.07. The van der Waals surface area contributed by atoms with Crippen LogP contribution in [0.3, 0.4) is 0 Å². The van der Waals surface area contributed by atoms with Crippen LogP contribution in [0.2, 0.25) is 0 Å². The van der Waals surface area contributed by atoms with E-state index < -0.39 is 42.1 Å². The molecule has 1 saturated heterocycles. The Morgan fingerprint density at radius 1 is 1.33 bits per heavy atom. The van der Waals surface area contributed by atoms with Gasteiger partial charge in [0, 0.05) is 30.9 Å². The maximum Gasteiger partial charge on any atom is 0.334 e. The van der Waals surface area contributed by atoms with E-state index in [1.165, 1.54) is 19.9 Å². The Kier molecular flexibility index (Phi) is 7.88. The number of hydrogen-bond acceptors (Lipinski definition) is 8. The number of aldehydes is 1. The fourth-order valence-corrected chi connectivity index (χ4v) is 3.44. The smallest absolute Gasteiger partial charge is 0.334 e. The monoisotopic (exact) mass is 418 g/mol. The molecule has 1 N–H and O–H groups in total. The third kappa shape index (κ3) is 5.54. The van der Waals surface area contributed by atoms with Crippen molar-refractivity contribution in [1.82, 2.24) is 0 Å². The second kappa shape index (κ2) is 10.2. The Morgan fingerprint density at radius 3 is 2.63 bits per heavy atom. The van der Waals surface area contributed by atoms with E-state index in [0.29, 0.717) is 17.4 Å². The van der Waals surface area contributed by atoms with Crippen molar-refractivity contribution in [3.05, 3.63) is 47.1 Å². The summed E-state index contributed by atoms with van der Waals surface area (Å²) in [5.74, 6) is -2.51. The van der Waals surface area contributed by atoms with Crippen molar-refractivity contribution in [3.63, 3.8) is 0 Å². The predicted molar refractivity (Wildman–Crippen MR) is 106 cm³/mol. The van der Waals surface area contributed by atoms with Crippen LogP contribution in [-0.4, -0.2) is 54.2 Å². The van der Waals surface area contributed by atoms with E-state index in [4.69, 9.17) is 19.3 Å². The van der Waals surface area contributed by atoms with Gasteiger partial charge in [-0.15, -0.1) is 0 Å². The van der Waals surface area contributed by atoms with Crippen LogP contribution in [0.4, 0.5) is 0 Å². The number of carbonyl (C=O) groups excluding carboxylic acids is 4. The molecular formula is C22H26O8. The van der Waals surface area contributed by atoms with Gasteiger partial charge < -0.3 is 19.3 Å². The Bertz CT molecular complexity index is 832. The van der Waals surface area contributed by atoms with Gasteiger partial charge in [-0.1, -0.05) is 12.7 Å². The minimum atomic E-state index is -0.894. The van der Waals surface area contributed by atoms with E-state index in [0.717, 1.165) is 0 Å². The molecule has 8 nitrogen and oxygen atoms in total. The van der Waals surface area contributed by atoms with Crippen molar-refractivity contribution in [1.29, 1.82) is 0 Å². The molecule has 1 fully saturated rings. The Balaban J connectivity index is 2.47. The topological polar surface area (TPSA) is 116 Å². The van der Waals surface area contributed by atoms with Crippen molar-refractivity contribution in [2.45, 2.75) is 51.9 Å². The number of hydrogen-bond donors (Lipinski definition) is 1. The van der Waals surface area contributed by atoms with Gasteiger partial charge in [0.25, 0.3) is 0 Å². The lowest BCUT2D eigenvalue weighted by atomic mass is 9.85. The molecule has 0 aromatic carbocycles. The Hall–Kier alpha value is -3.00. The van der Waals surface area contributed by atoms with E-state index in [-0.39, 0.29) is 30.6 Å². The standard InChI is InChI=1S/C22H26O8/c1-12(7-8-23)21(26)29-19-10-16(11-24)5-6-17(28-15(4)25)13(2)9-18-20(19)14(3)22(27)30-18/h5,7,9,11,17-20,23H,3,6,8,10H2,1-2,4H3/b12-7+,13-9?,16-5+/t17-,18+,19+,20-/m0/s1. The number of esters is 3. The lowest BCUT2D eigenvalue weighted by Crippen LogP contribution is -2.34. The molecule has 0 aromatic heterocycles. The first-order valence-corrected chi connectivity index (χ1v) is 9.56. The maximum absolute atomic E-state index is 12.4. The first kappa shape index (κ1) is 23.3. The Labute approximate surface area is 174 Å². The number of fused-ring (bicyclic) bond motifs is 1. The van der Waals surface area contributed by atoms with E-state index in [1.54, 1.807) is 19.1 Å². The molecule has 0 amide bonds. The highest BCUT2D eigenvalue weighted by molar-refractivity contribution is 5.92. The normalized spacial score (nSPS) is 29.0. The van der Waals surface area contributed by atoms with Crippen LogP contribution in [0.5, 0.6) is 0 Å². The van der Waals surface area contributed by atoms with Gasteiger partial charge in [0.15, 0.2) is 0 Å². The summed E-state index contributed by atoms with van der Waals surface area (Å²) in [6.07, 6.45) is 3.17. The molecule has 0 saturated carbocycles. The van der Waals surface area contributed by atoms with Crippen molar-refractivity contribution < 1.29 is 38.5 Å². The lowest BCUT2D eigenvalue weighted by molar-refractivity contribution is -0.148. The van der Waals surface area contributed by atoms with Crippen LogP contribution in [0.1, 0.15) is 33.6 Å². The molecule has 1 aliphatic heterocycles. The molecule has 1 aliphatic carbocycles. The number of aliphatic hydroxyl groups excluding tert-OH is 1. The average molecular weight is 418 g/mol. The van der Waals surface area contributed by atoms with Crippen molar-refractivity contribution in [2.75, 3.05) is 6.61 Å². The minimum Gasteiger partial charge on any atom is -0.458 e. The van der Waals surface area contributed by atoms with Gasteiger partial charge in [0.05, 0.1) is 12.5 Å². The maximum atomic E-state index is 12.4. The van der Waals surface area contributed by atoms with Gasteiger partial charge in [-0.05, 0) is 37.1 Å². The fraction of sp³-hybridized carbons (Fsp3) is 0.455. The zero-order valence-corrected chi connectivity index (χ0v) is 17.3. The largest absolute Gasteiger partial charge is 0.458 e. The number of carbonyl (C=O) groups is 4. The van der Waals surface area contributed by atoms with E-state index >= 15 is 0 Å². The molecule has 0 radical (unpaired) electrons. The van der Waals surface area contributed by atoms with Crippen LogP contribution < -0.4 is 0 Å². The molecule has 0 bridgehead atoms. The average Bonchev–Trinajstić information content (AvgIpc) is 2.95. The molecule has 162 valence electrons. The predicted octanol–water partition coefficient (Wildman–Crippen LogP) is 1.73. The van der Waals surface area contributed by atoms with E-state index in [2.05, 4.69) is 6.58 Å². The van der Waals surface area contributed by atoms with Gasteiger partial charge in [0.1, 0.15) is 24.6 Å². The number of aliphatic hydroxyl groups is 1. The van der Waals surface area contributed by atoms with Gasteiger partial charge in [-0.3, -0.25) is 9.59 Å². The summed E-state index contributed by atoms with van der Waals surface area (Å²) in [6, 6.07) is 0. The summed E-state index contributed by atoms with van der Waals surface area (Å²) in [4.78, 5) is 47.7. The molecule has 2 aliphatic rings. The second-order valence-electron chi connectivity index (χ2n) is 7.28. The van der Waals surface area contributed by atoms with Crippen molar-refractivity contribution in [2.24, 2.45) is 5.92 Å². The minimum absolute atomic E-state index is 0.0259. The van der Waals surface area contributed by atoms with Crippen LogP contribution in [-0.2, 0) is 33.4 Å². The molecular weight excluding hydrogens is 392 g/mol. The second-order valence-corrected chi connectivity index (χ2v) is 7.28. The first-order valence-electron chi connectivity index (χ1n) is 9.56. The highest BCUT2D eigenvalue weighted by Gasteiger charge is 2.45. The molecule has 30 heavy (non-hydrogen) atoms. The van der Waals surface area contributed by atoms with Crippen molar-refractivity contribution >= 4 is 24.2 Å². The summed E-state index contributed by atoms with van der Waals surface area (Å²) >= 11 is 0. The highest BCUT2D eigenvalue weighted by atomic mass is 16.6. The van der Waals surface area contributed by atoms with Crippen LogP contribution in [0.15, 0.2) is 47.1 Å². The molecule has 4 atom stereocenters. The van der Waals surface area contributed by atoms with Crippen LogP contribution >= 0.6 is 0 Å². The van der Waals surface area contributed by atoms with Gasteiger partial charge in [0.2, 0.25) is 0 Å². The van der Waals surface area contributed by atoms with E-state index in [9.17, 15) is 19.2 Å². The summed E-state index contributed by atoms with van der Waals surface area (Å²) in [5, 5.41) is 9.00. The zero-order valence-electron chi connectivity index (χ0n) is 17.3. The quantitative estimate of drug-likeness (QED) is 0.236.